The summed E-state index contributed by atoms with van der Waals surface area (Å²) in [5.41, 5.74) is 9.18. The summed E-state index contributed by atoms with van der Waals surface area (Å²) in [5, 5.41) is 12.7. The lowest BCUT2D eigenvalue weighted by Crippen LogP contribution is -2.52. The van der Waals surface area contributed by atoms with Crippen LogP contribution in [0.25, 0.3) is 0 Å². The van der Waals surface area contributed by atoms with E-state index in [2.05, 4.69) is 74.6 Å². The molecular weight excluding hydrogens is 703 g/mol. The number of carbonyl (C=O) groups is 3. The zero-order valence-electron chi connectivity index (χ0n) is 32.2. The number of amides is 3. The lowest BCUT2D eigenvalue weighted by molar-refractivity contribution is -0.136. The summed E-state index contributed by atoms with van der Waals surface area (Å²) in [7, 11) is 1.73. The van der Waals surface area contributed by atoms with Gasteiger partial charge in [0.2, 0.25) is 11.8 Å². The second kappa shape index (κ2) is 15.3. The highest BCUT2D eigenvalue weighted by Crippen LogP contribution is 2.48. The lowest BCUT2D eigenvalue weighted by atomic mass is 9.69. The third-order valence-corrected chi connectivity index (χ3v) is 13.1. The summed E-state index contributed by atoms with van der Waals surface area (Å²) < 4.78 is 5.59. The number of benzene rings is 4. The first kappa shape index (κ1) is 36.3. The standard InChI is InChI=1S/C46H51N5O5/c1-56-38-4-2-3-32(27-38)39-12-7-33-26-37(52)11-14-40(33)44(39)31-5-8-35(9-6-31)49-19-17-30(18-20-49)28-48-21-23-50(24-22-48)36-10-13-41-34(25-36)29-51(46(41)55)42-15-16-43(53)47-45(42)54/h2-6,8-11,13-14,25-27,30,39,42,44,52H,7,12,15-24,28-29H2,1H3,(H,47,53,54)/t39-,42+,44?/m1/s1. The second-order valence-electron chi connectivity index (χ2n) is 16.3. The zero-order chi connectivity index (χ0) is 38.3. The number of rotatable bonds is 8. The van der Waals surface area contributed by atoms with Crippen molar-refractivity contribution in [3.05, 3.63) is 118 Å². The van der Waals surface area contributed by atoms with Gasteiger partial charge in [-0.05, 0) is 126 Å². The van der Waals surface area contributed by atoms with Crippen LogP contribution in [0.5, 0.6) is 11.5 Å². The Balaban J connectivity index is 0.787. The molecule has 56 heavy (non-hydrogen) atoms. The summed E-state index contributed by atoms with van der Waals surface area (Å²) in [6, 6.07) is 29.2. The predicted molar refractivity (Wildman–Crippen MR) is 217 cm³/mol. The van der Waals surface area contributed by atoms with Crippen LogP contribution in [0.2, 0.25) is 0 Å². The highest BCUT2D eigenvalue weighted by Gasteiger charge is 2.39. The third-order valence-electron chi connectivity index (χ3n) is 13.1. The number of nitrogens with zero attached hydrogens (tertiary/aromatic N) is 4. The summed E-state index contributed by atoms with van der Waals surface area (Å²) in [6.07, 6.45) is 4.96. The number of piperazine rings is 1. The Morgan fingerprint density at radius 2 is 1.50 bits per heavy atom. The van der Waals surface area contributed by atoms with E-state index < -0.39 is 6.04 Å². The molecule has 4 aliphatic heterocycles. The summed E-state index contributed by atoms with van der Waals surface area (Å²) in [6.45, 7) is 7.57. The molecule has 4 aromatic carbocycles. The van der Waals surface area contributed by atoms with Crippen molar-refractivity contribution in [2.75, 3.05) is 62.7 Å². The molecule has 3 fully saturated rings. The molecular formula is C46H51N5O5. The third kappa shape index (κ3) is 7.11. The summed E-state index contributed by atoms with van der Waals surface area (Å²) in [4.78, 5) is 46.5. The topological polar surface area (TPSA) is 106 Å². The van der Waals surface area contributed by atoms with Gasteiger partial charge in [-0.3, -0.25) is 24.6 Å². The molecule has 4 aromatic rings. The summed E-state index contributed by atoms with van der Waals surface area (Å²) in [5.74, 6) is 1.66. The maximum absolute atomic E-state index is 13.2. The molecule has 0 spiro atoms. The van der Waals surface area contributed by atoms with E-state index in [1.807, 2.05) is 30.3 Å². The van der Waals surface area contributed by atoms with Gasteiger partial charge in [0.25, 0.3) is 5.91 Å². The zero-order valence-corrected chi connectivity index (χ0v) is 32.2. The number of hydrogen-bond donors (Lipinski definition) is 2. The Bertz CT molecular complexity index is 2120. The molecule has 290 valence electrons. The van der Waals surface area contributed by atoms with Gasteiger partial charge in [-0.25, -0.2) is 0 Å². The van der Waals surface area contributed by atoms with Crippen molar-refractivity contribution in [3.63, 3.8) is 0 Å². The molecule has 3 amide bonds. The monoisotopic (exact) mass is 753 g/mol. The average Bonchev–Trinajstić information content (AvgIpc) is 3.55. The van der Waals surface area contributed by atoms with E-state index in [0.29, 0.717) is 36.1 Å². The Labute approximate surface area is 329 Å². The maximum Gasteiger partial charge on any atom is 0.255 e. The van der Waals surface area contributed by atoms with E-state index in [1.54, 1.807) is 12.0 Å². The van der Waals surface area contributed by atoms with Crippen molar-refractivity contribution in [1.29, 1.82) is 0 Å². The van der Waals surface area contributed by atoms with Crippen molar-refractivity contribution in [3.8, 4) is 11.5 Å². The molecule has 3 saturated heterocycles. The van der Waals surface area contributed by atoms with E-state index in [1.165, 1.54) is 40.8 Å². The van der Waals surface area contributed by atoms with Crippen LogP contribution < -0.4 is 19.9 Å². The van der Waals surface area contributed by atoms with Crippen molar-refractivity contribution < 1.29 is 24.2 Å². The van der Waals surface area contributed by atoms with E-state index in [-0.39, 0.29) is 30.1 Å². The number of phenolic OH excluding ortho intramolecular Hbond substituents is 1. The van der Waals surface area contributed by atoms with Gasteiger partial charge in [0.15, 0.2) is 0 Å². The largest absolute Gasteiger partial charge is 0.508 e. The van der Waals surface area contributed by atoms with Crippen LogP contribution in [0.3, 0.4) is 0 Å². The van der Waals surface area contributed by atoms with Gasteiger partial charge >= 0.3 is 0 Å². The average molecular weight is 754 g/mol. The van der Waals surface area contributed by atoms with Crippen LogP contribution in [-0.2, 0) is 22.6 Å². The van der Waals surface area contributed by atoms with Crippen molar-refractivity contribution in [2.24, 2.45) is 5.92 Å². The maximum atomic E-state index is 13.2. The highest BCUT2D eigenvalue weighted by molar-refractivity contribution is 6.05. The number of aromatic hydroxyl groups is 1. The minimum Gasteiger partial charge on any atom is -0.508 e. The smallest absolute Gasteiger partial charge is 0.255 e. The van der Waals surface area contributed by atoms with Crippen LogP contribution in [-0.4, -0.2) is 91.6 Å². The normalized spacial score (nSPS) is 23.2. The number of methoxy groups -OCH3 is 1. The lowest BCUT2D eigenvalue weighted by Gasteiger charge is -2.40. The number of fused-ring (bicyclic) bond motifs is 2. The van der Waals surface area contributed by atoms with Gasteiger partial charge in [0.1, 0.15) is 17.5 Å². The molecule has 9 rings (SSSR count). The first-order chi connectivity index (χ1) is 27.3. The Morgan fingerprint density at radius 3 is 2.27 bits per heavy atom. The van der Waals surface area contributed by atoms with E-state index in [0.717, 1.165) is 75.7 Å². The molecule has 1 aliphatic carbocycles. The van der Waals surface area contributed by atoms with Crippen LogP contribution in [0.1, 0.15) is 82.1 Å². The first-order valence-corrected chi connectivity index (χ1v) is 20.4. The molecule has 0 aromatic heterocycles. The number of aryl methyl sites for hydroxylation is 1. The predicted octanol–water partition coefficient (Wildman–Crippen LogP) is 6.06. The SMILES string of the molecule is COc1cccc([C@H]2CCc3cc(O)ccc3C2c2ccc(N3CCC(CN4CCN(c5ccc6c(c5)CN([C@H]5CCC(=O)NC5=O)C6=O)CC4)CC3)cc2)c1. The molecule has 0 radical (unpaired) electrons. The van der Waals surface area contributed by atoms with Crippen molar-refractivity contribution in [2.45, 2.75) is 62.9 Å². The number of ether oxygens (including phenoxy) is 1. The van der Waals surface area contributed by atoms with Crippen LogP contribution in [0, 0.1) is 5.92 Å². The van der Waals surface area contributed by atoms with Crippen LogP contribution in [0.4, 0.5) is 11.4 Å². The van der Waals surface area contributed by atoms with Gasteiger partial charge in [0, 0.05) is 81.6 Å². The highest BCUT2D eigenvalue weighted by atomic mass is 16.5. The minimum absolute atomic E-state index is 0.124. The Kier molecular flexibility index (Phi) is 9.91. The fourth-order valence-corrected chi connectivity index (χ4v) is 10.0. The molecule has 5 aliphatic rings. The molecule has 1 unspecified atom stereocenters. The molecule has 3 atom stereocenters. The fraction of sp³-hybridized carbons (Fsp3) is 0.413. The van der Waals surface area contributed by atoms with Gasteiger partial charge in [-0.15, -0.1) is 0 Å². The number of carbonyl (C=O) groups excluding carboxylic acids is 3. The number of piperidine rings is 2. The molecule has 0 bridgehead atoms. The van der Waals surface area contributed by atoms with E-state index >= 15 is 0 Å². The number of anilines is 2. The Morgan fingerprint density at radius 1 is 0.732 bits per heavy atom. The van der Waals surface area contributed by atoms with E-state index in [4.69, 9.17) is 4.74 Å². The summed E-state index contributed by atoms with van der Waals surface area (Å²) >= 11 is 0. The molecule has 0 saturated carbocycles. The van der Waals surface area contributed by atoms with Gasteiger partial charge in [-0.2, -0.15) is 0 Å². The van der Waals surface area contributed by atoms with Gasteiger partial charge in [-0.1, -0.05) is 30.3 Å². The number of imide groups is 1. The minimum atomic E-state index is -0.589. The van der Waals surface area contributed by atoms with Gasteiger partial charge in [0.05, 0.1) is 7.11 Å². The van der Waals surface area contributed by atoms with Crippen molar-refractivity contribution >= 4 is 29.1 Å². The first-order valence-electron chi connectivity index (χ1n) is 20.4. The molecule has 2 N–H and O–H groups in total. The second-order valence-corrected chi connectivity index (χ2v) is 16.3. The van der Waals surface area contributed by atoms with Crippen molar-refractivity contribution in [1.82, 2.24) is 15.1 Å². The van der Waals surface area contributed by atoms with Gasteiger partial charge < -0.3 is 24.5 Å². The number of hydrogen-bond acceptors (Lipinski definition) is 8. The quantitative estimate of drug-likeness (QED) is 0.210. The van der Waals surface area contributed by atoms with Crippen LogP contribution >= 0.6 is 0 Å². The Hall–Kier alpha value is -5.35. The number of nitrogens with one attached hydrogen (secondary N) is 1. The van der Waals surface area contributed by atoms with E-state index in [9.17, 15) is 19.5 Å². The molecule has 4 heterocycles. The fourth-order valence-electron chi connectivity index (χ4n) is 10.0. The molecule has 10 heteroatoms. The molecule has 10 nitrogen and oxygen atoms in total. The number of phenols is 1. The van der Waals surface area contributed by atoms with Crippen LogP contribution in [0.15, 0.2) is 84.9 Å².